The zero-order valence-corrected chi connectivity index (χ0v) is 12.3. The molecule has 1 amide bonds. The number of halogens is 2. The fraction of sp³-hybridized carbons (Fsp3) is 0.143. The van der Waals surface area contributed by atoms with Crippen LogP contribution in [0.5, 0.6) is 5.75 Å². The maximum Gasteiger partial charge on any atom is 0.257 e. The third-order valence-electron chi connectivity index (χ3n) is 2.48. The van der Waals surface area contributed by atoms with Crippen molar-refractivity contribution >= 4 is 27.5 Å². The Morgan fingerprint density at radius 3 is 2.85 bits per heavy atom. The number of nitrogens with zero attached hydrogens (tertiary/aromatic N) is 1. The van der Waals surface area contributed by atoms with Crippen LogP contribution in [0, 0.1) is 5.95 Å². The number of pyridine rings is 1. The Bertz CT molecular complexity index is 617. The van der Waals surface area contributed by atoms with Gasteiger partial charge in [0, 0.05) is 18.0 Å². The van der Waals surface area contributed by atoms with Crippen molar-refractivity contribution in [3.05, 3.63) is 52.5 Å². The minimum Gasteiger partial charge on any atom is -0.493 e. The van der Waals surface area contributed by atoms with E-state index in [2.05, 4.69) is 26.2 Å². The molecule has 1 aromatic heterocycles. The molecule has 0 spiro atoms. The first-order valence-electron chi connectivity index (χ1n) is 5.95. The summed E-state index contributed by atoms with van der Waals surface area (Å²) in [5.41, 5.74) is 0.873. The molecule has 1 N–H and O–H groups in total. The molecule has 0 aliphatic rings. The summed E-state index contributed by atoms with van der Waals surface area (Å²) < 4.78 is 18.9. The first-order chi connectivity index (χ1) is 9.60. The van der Waals surface area contributed by atoms with Crippen LogP contribution < -0.4 is 10.1 Å². The van der Waals surface area contributed by atoms with Gasteiger partial charge in [0.2, 0.25) is 5.95 Å². The number of carbonyl (C=O) groups is 1. The highest BCUT2D eigenvalue weighted by molar-refractivity contribution is 9.10. The van der Waals surface area contributed by atoms with Crippen molar-refractivity contribution in [1.82, 2.24) is 4.98 Å². The van der Waals surface area contributed by atoms with Crippen LogP contribution in [0.4, 0.5) is 10.1 Å². The molecule has 20 heavy (non-hydrogen) atoms. The minimum absolute atomic E-state index is 0.285. The van der Waals surface area contributed by atoms with Crippen molar-refractivity contribution in [1.29, 1.82) is 0 Å². The van der Waals surface area contributed by atoms with E-state index in [4.69, 9.17) is 4.74 Å². The summed E-state index contributed by atoms with van der Waals surface area (Å²) in [5.74, 6) is -0.339. The predicted molar refractivity (Wildman–Crippen MR) is 77.5 cm³/mol. The number of benzene rings is 1. The molecule has 0 bridgehead atoms. The molecule has 0 unspecified atom stereocenters. The van der Waals surface area contributed by atoms with Gasteiger partial charge in [-0.2, -0.15) is 4.39 Å². The molecule has 6 heteroatoms. The maximum absolute atomic E-state index is 12.7. The number of hydrogen-bond acceptors (Lipinski definition) is 3. The lowest BCUT2D eigenvalue weighted by atomic mass is 10.2. The Morgan fingerprint density at radius 2 is 2.20 bits per heavy atom. The molecule has 0 aliphatic carbocycles. The lowest BCUT2D eigenvalue weighted by Crippen LogP contribution is -2.12. The van der Waals surface area contributed by atoms with Crippen LogP contribution in [0.1, 0.15) is 17.3 Å². The molecule has 4 nitrogen and oxygen atoms in total. The molecule has 2 rings (SSSR count). The van der Waals surface area contributed by atoms with Gasteiger partial charge >= 0.3 is 0 Å². The zero-order chi connectivity index (χ0) is 14.5. The molecule has 0 aliphatic heterocycles. The van der Waals surface area contributed by atoms with Crippen molar-refractivity contribution in [2.24, 2.45) is 0 Å². The smallest absolute Gasteiger partial charge is 0.257 e. The summed E-state index contributed by atoms with van der Waals surface area (Å²) in [6, 6.07) is 7.75. The normalized spacial score (nSPS) is 10.2. The average molecular weight is 339 g/mol. The summed E-state index contributed by atoms with van der Waals surface area (Å²) in [5, 5.41) is 2.70. The van der Waals surface area contributed by atoms with Crippen LogP contribution in [0.15, 0.2) is 41.0 Å². The largest absolute Gasteiger partial charge is 0.493 e. The maximum atomic E-state index is 12.7. The van der Waals surface area contributed by atoms with E-state index in [-0.39, 0.29) is 11.5 Å². The van der Waals surface area contributed by atoms with Gasteiger partial charge in [-0.3, -0.25) is 4.79 Å². The molecule has 1 heterocycles. The van der Waals surface area contributed by atoms with Gasteiger partial charge in [0.05, 0.1) is 16.6 Å². The minimum atomic E-state index is -0.621. The van der Waals surface area contributed by atoms with E-state index in [1.54, 1.807) is 18.2 Å². The second-order valence-electron chi connectivity index (χ2n) is 3.90. The van der Waals surface area contributed by atoms with Gasteiger partial charge in [-0.05, 0) is 47.1 Å². The van der Waals surface area contributed by atoms with Gasteiger partial charge in [-0.15, -0.1) is 0 Å². The highest BCUT2D eigenvalue weighted by Crippen LogP contribution is 2.28. The number of aromatic nitrogens is 1. The average Bonchev–Trinajstić information content (AvgIpc) is 2.43. The number of rotatable bonds is 4. The number of nitrogens with one attached hydrogen (secondary N) is 1. The zero-order valence-electron chi connectivity index (χ0n) is 10.7. The summed E-state index contributed by atoms with van der Waals surface area (Å²) in [6.07, 6.45) is 1.19. The van der Waals surface area contributed by atoms with Crippen LogP contribution in [0.3, 0.4) is 0 Å². The molecule has 2 aromatic rings. The molecular formula is C14H12BrFN2O2. The molecule has 0 fully saturated rings. The standard InChI is InChI=1S/C14H12BrFN2O2/c1-2-20-12-7-10(4-5-11(12)15)18-14(19)9-3-6-13(16)17-8-9/h3-8H,2H2,1H3,(H,18,19). The van der Waals surface area contributed by atoms with Crippen LogP contribution in [0.2, 0.25) is 0 Å². The molecule has 0 saturated carbocycles. The summed E-state index contributed by atoms with van der Waals surface area (Å²) in [6.45, 7) is 2.40. The molecule has 0 radical (unpaired) electrons. The van der Waals surface area contributed by atoms with Gasteiger partial charge < -0.3 is 10.1 Å². The fourth-order valence-corrected chi connectivity index (χ4v) is 1.92. The Hall–Kier alpha value is -1.95. The highest BCUT2D eigenvalue weighted by atomic mass is 79.9. The quantitative estimate of drug-likeness (QED) is 0.866. The first kappa shape index (κ1) is 14.5. The predicted octanol–water partition coefficient (Wildman–Crippen LogP) is 3.63. The van der Waals surface area contributed by atoms with E-state index in [1.807, 2.05) is 6.92 Å². The van der Waals surface area contributed by atoms with Gasteiger partial charge in [0.15, 0.2) is 0 Å². The SMILES string of the molecule is CCOc1cc(NC(=O)c2ccc(F)nc2)ccc1Br. The van der Waals surface area contributed by atoms with E-state index >= 15 is 0 Å². The van der Waals surface area contributed by atoms with Crippen LogP contribution in [-0.4, -0.2) is 17.5 Å². The van der Waals surface area contributed by atoms with Crippen molar-refractivity contribution in [2.75, 3.05) is 11.9 Å². The second kappa shape index (κ2) is 6.47. The first-order valence-corrected chi connectivity index (χ1v) is 6.74. The molecular weight excluding hydrogens is 327 g/mol. The summed E-state index contributed by atoms with van der Waals surface area (Å²) >= 11 is 3.36. The second-order valence-corrected chi connectivity index (χ2v) is 4.76. The van der Waals surface area contributed by atoms with Gasteiger partial charge in [0.1, 0.15) is 5.75 Å². The van der Waals surface area contributed by atoms with Crippen LogP contribution >= 0.6 is 15.9 Å². The lowest BCUT2D eigenvalue weighted by molar-refractivity contribution is 0.102. The molecule has 0 saturated heterocycles. The molecule has 104 valence electrons. The number of hydrogen-bond donors (Lipinski definition) is 1. The lowest BCUT2D eigenvalue weighted by Gasteiger charge is -2.09. The van der Waals surface area contributed by atoms with Crippen molar-refractivity contribution in [2.45, 2.75) is 6.92 Å². The van der Waals surface area contributed by atoms with E-state index < -0.39 is 5.95 Å². The number of amides is 1. The van der Waals surface area contributed by atoms with Crippen molar-refractivity contribution < 1.29 is 13.9 Å². The third kappa shape index (κ3) is 3.54. The van der Waals surface area contributed by atoms with Crippen LogP contribution in [0.25, 0.3) is 0 Å². The van der Waals surface area contributed by atoms with E-state index in [9.17, 15) is 9.18 Å². The van der Waals surface area contributed by atoms with Gasteiger partial charge in [-0.1, -0.05) is 0 Å². The van der Waals surface area contributed by atoms with E-state index in [0.29, 0.717) is 18.0 Å². The molecule has 1 aromatic carbocycles. The van der Waals surface area contributed by atoms with E-state index in [1.165, 1.54) is 12.3 Å². The molecule has 0 atom stereocenters. The van der Waals surface area contributed by atoms with Crippen molar-refractivity contribution in [3.8, 4) is 5.75 Å². The number of carbonyl (C=O) groups excluding carboxylic acids is 1. The Morgan fingerprint density at radius 1 is 1.40 bits per heavy atom. The third-order valence-corrected chi connectivity index (χ3v) is 3.13. The highest BCUT2D eigenvalue weighted by Gasteiger charge is 2.09. The van der Waals surface area contributed by atoms with Crippen molar-refractivity contribution in [3.63, 3.8) is 0 Å². The Labute approximate surface area is 124 Å². The Kier molecular flexibility index (Phi) is 4.68. The topological polar surface area (TPSA) is 51.2 Å². The van der Waals surface area contributed by atoms with Gasteiger partial charge in [0.25, 0.3) is 5.91 Å². The van der Waals surface area contributed by atoms with Gasteiger partial charge in [-0.25, -0.2) is 4.98 Å². The van der Waals surface area contributed by atoms with Crippen LogP contribution in [-0.2, 0) is 0 Å². The number of anilines is 1. The number of ether oxygens (including phenoxy) is 1. The summed E-state index contributed by atoms with van der Waals surface area (Å²) in [7, 11) is 0. The Balaban J connectivity index is 2.15. The fourth-order valence-electron chi connectivity index (χ4n) is 1.56. The monoisotopic (exact) mass is 338 g/mol. The van der Waals surface area contributed by atoms with E-state index in [0.717, 1.165) is 10.5 Å². The summed E-state index contributed by atoms with van der Waals surface area (Å²) in [4.78, 5) is 15.4.